The Morgan fingerprint density at radius 2 is 2.12 bits per heavy atom. The number of alkyl halides is 4. The molecule has 0 radical (unpaired) electrons. The van der Waals surface area contributed by atoms with Crippen LogP contribution in [-0.4, -0.2) is 22.7 Å². The molecule has 17 heavy (non-hydrogen) atoms. The van der Waals surface area contributed by atoms with E-state index < -0.39 is 23.0 Å². The molecule has 3 nitrogen and oxygen atoms in total. The van der Waals surface area contributed by atoms with Crippen LogP contribution in [0.5, 0.6) is 0 Å². The predicted molar refractivity (Wildman–Crippen MR) is 58.3 cm³/mol. The van der Waals surface area contributed by atoms with Crippen molar-refractivity contribution in [2.75, 3.05) is 0 Å². The molecule has 1 N–H and O–H groups in total. The third-order valence-electron chi connectivity index (χ3n) is 2.33. The molecule has 1 heterocycles. The van der Waals surface area contributed by atoms with Gasteiger partial charge in [-0.1, -0.05) is 15.9 Å². The number of Topliss-reactive ketones (excluding diaryl/α,β-unsaturated/α-hetero) is 1. The number of halogens is 4. The van der Waals surface area contributed by atoms with Crippen LogP contribution >= 0.6 is 27.3 Å². The van der Waals surface area contributed by atoms with Gasteiger partial charge >= 0.3 is 12.1 Å². The number of hydrogen-bond donors (Lipinski definition) is 1. The second-order valence-electron chi connectivity index (χ2n) is 3.41. The third-order valence-corrected chi connectivity index (χ3v) is 4.27. The molecular formula is C9H5BrF3NO2S. The van der Waals surface area contributed by atoms with Gasteiger partial charge in [0.2, 0.25) is 0 Å². The fourth-order valence-corrected chi connectivity index (χ4v) is 3.37. The van der Waals surface area contributed by atoms with Crippen molar-refractivity contribution in [3.8, 4) is 0 Å². The van der Waals surface area contributed by atoms with Crippen LogP contribution in [0.2, 0.25) is 0 Å². The SMILES string of the molecule is O=C1c2ccsc2[C@@H](NC(=O)C(F)(F)F)[C@@H]1Br. The molecule has 0 saturated carbocycles. The van der Waals surface area contributed by atoms with E-state index in [4.69, 9.17) is 0 Å². The van der Waals surface area contributed by atoms with E-state index in [2.05, 4.69) is 15.9 Å². The summed E-state index contributed by atoms with van der Waals surface area (Å²) in [6.45, 7) is 0. The monoisotopic (exact) mass is 327 g/mol. The molecule has 1 aliphatic carbocycles. The highest BCUT2D eigenvalue weighted by Gasteiger charge is 2.45. The summed E-state index contributed by atoms with van der Waals surface area (Å²) < 4.78 is 36.4. The Kier molecular flexibility index (Phi) is 3.03. The third kappa shape index (κ3) is 2.11. The summed E-state index contributed by atoms with van der Waals surface area (Å²) in [5.74, 6) is -2.35. The Balaban J connectivity index is 2.24. The van der Waals surface area contributed by atoms with Crippen molar-refractivity contribution < 1.29 is 22.8 Å². The Labute approximate surface area is 106 Å². The van der Waals surface area contributed by atoms with Crippen molar-refractivity contribution in [2.24, 2.45) is 0 Å². The maximum absolute atomic E-state index is 12.1. The molecule has 1 aromatic rings. The molecule has 2 atom stereocenters. The highest BCUT2D eigenvalue weighted by Crippen LogP contribution is 2.39. The molecule has 92 valence electrons. The Morgan fingerprint density at radius 3 is 2.71 bits per heavy atom. The molecule has 1 aromatic heterocycles. The number of thiophene rings is 1. The van der Waals surface area contributed by atoms with E-state index in [0.717, 1.165) is 11.3 Å². The largest absolute Gasteiger partial charge is 0.471 e. The molecule has 0 aromatic carbocycles. The number of ketones is 1. The Morgan fingerprint density at radius 1 is 1.47 bits per heavy atom. The fraction of sp³-hybridized carbons (Fsp3) is 0.333. The molecule has 0 unspecified atom stereocenters. The van der Waals surface area contributed by atoms with Gasteiger partial charge in [-0.3, -0.25) is 9.59 Å². The zero-order valence-corrected chi connectivity index (χ0v) is 10.4. The van der Waals surface area contributed by atoms with Gasteiger partial charge in [-0.25, -0.2) is 0 Å². The zero-order chi connectivity index (χ0) is 12.8. The van der Waals surface area contributed by atoms with Gasteiger partial charge in [0, 0.05) is 10.4 Å². The lowest BCUT2D eigenvalue weighted by Gasteiger charge is -2.16. The van der Waals surface area contributed by atoms with Gasteiger partial charge < -0.3 is 5.32 Å². The lowest BCUT2D eigenvalue weighted by Crippen LogP contribution is -2.41. The van der Waals surface area contributed by atoms with Crippen molar-refractivity contribution >= 4 is 39.0 Å². The topological polar surface area (TPSA) is 46.2 Å². The molecule has 2 rings (SSSR count). The molecule has 8 heteroatoms. The van der Waals surface area contributed by atoms with Gasteiger partial charge in [-0.2, -0.15) is 13.2 Å². The summed E-state index contributed by atoms with van der Waals surface area (Å²) in [5.41, 5.74) is 0.365. The summed E-state index contributed by atoms with van der Waals surface area (Å²) in [6, 6.07) is 0.586. The maximum atomic E-state index is 12.1. The molecule has 0 saturated heterocycles. The number of rotatable bonds is 1. The Hall–Kier alpha value is -0.890. The van der Waals surface area contributed by atoms with Crippen LogP contribution in [0.3, 0.4) is 0 Å². The van der Waals surface area contributed by atoms with Crippen LogP contribution in [0.4, 0.5) is 13.2 Å². The van der Waals surface area contributed by atoms with Crippen LogP contribution in [0, 0.1) is 0 Å². The number of hydrogen-bond acceptors (Lipinski definition) is 3. The zero-order valence-electron chi connectivity index (χ0n) is 8.05. The van der Waals surface area contributed by atoms with Crippen molar-refractivity contribution in [3.05, 3.63) is 21.9 Å². The van der Waals surface area contributed by atoms with Crippen molar-refractivity contribution in [1.29, 1.82) is 0 Å². The minimum absolute atomic E-state index is 0.311. The first-order valence-electron chi connectivity index (χ1n) is 4.45. The highest BCUT2D eigenvalue weighted by atomic mass is 79.9. The van der Waals surface area contributed by atoms with E-state index in [-0.39, 0.29) is 5.78 Å². The van der Waals surface area contributed by atoms with E-state index in [1.165, 1.54) is 6.07 Å². The normalized spacial score (nSPS) is 23.6. The van der Waals surface area contributed by atoms with Gasteiger partial charge in [0.05, 0.1) is 6.04 Å². The predicted octanol–water partition coefficient (Wildman–Crippen LogP) is 2.43. The number of carbonyl (C=O) groups is 2. The number of nitrogens with one attached hydrogen (secondary N) is 1. The quantitative estimate of drug-likeness (QED) is 0.805. The number of carbonyl (C=O) groups excluding carboxylic acids is 2. The highest BCUT2D eigenvalue weighted by molar-refractivity contribution is 9.10. The maximum Gasteiger partial charge on any atom is 0.471 e. The van der Waals surface area contributed by atoms with Crippen LogP contribution in [0.25, 0.3) is 0 Å². The summed E-state index contributed by atoms with van der Waals surface area (Å²) in [6.07, 6.45) is -4.95. The summed E-state index contributed by atoms with van der Waals surface area (Å²) in [4.78, 5) is 22.1. The second kappa shape index (κ2) is 4.09. The second-order valence-corrected chi connectivity index (χ2v) is 5.35. The summed E-state index contributed by atoms with van der Waals surface area (Å²) in [5, 5.41) is 3.43. The first kappa shape index (κ1) is 12.6. The van der Waals surface area contributed by atoms with Crippen LogP contribution in [0.15, 0.2) is 11.4 Å². The smallest absolute Gasteiger partial charge is 0.339 e. The molecule has 1 amide bonds. The number of amides is 1. The van der Waals surface area contributed by atoms with Crippen LogP contribution in [-0.2, 0) is 4.79 Å². The number of fused-ring (bicyclic) bond motifs is 1. The minimum Gasteiger partial charge on any atom is -0.339 e. The molecule has 1 aliphatic rings. The molecule has 0 aliphatic heterocycles. The van der Waals surface area contributed by atoms with E-state index >= 15 is 0 Å². The van der Waals surface area contributed by atoms with E-state index in [1.54, 1.807) is 5.38 Å². The Bertz CT molecular complexity index is 485. The van der Waals surface area contributed by atoms with Crippen molar-refractivity contribution in [2.45, 2.75) is 17.0 Å². The molecule has 0 bridgehead atoms. The van der Waals surface area contributed by atoms with Crippen LogP contribution in [0.1, 0.15) is 21.3 Å². The van der Waals surface area contributed by atoms with Crippen LogP contribution < -0.4 is 5.32 Å². The average molecular weight is 328 g/mol. The van der Waals surface area contributed by atoms with E-state index in [1.807, 2.05) is 5.32 Å². The standard InChI is InChI=1S/C9H5BrF3NO2S/c10-4-5(14-8(16)9(11,12)13)7-3(6(4)15)1-2-17-7/h1-2,4-5H,(H,14,16)/t4-,5-/m0/s1. The lowest BCUT2D eigenvalue weighted by atomic mass is 10.2. The summed E-state index contributed by atoms with van der Waals surface area (Å²) in [7, 11) is 0. The molecule has 0 spiro atoms. The van der Waals surface area contributed by atoms with E-state index in [9.17, 15) is 22.8 Å². The van der Waals surface area contributed by atoms with Gasteiger partial charge in [0.1, 0.15) is 4.83 Å². The molecule has 0 fully saturated rings. The van der Waals surface area contributed by atoms with Gasteiger partial charge in [0.25, 0.3) is 0 Å². The first-order valence-corrected chi connectivity index (χ1v) is 6.25. The average Bonchev–Trinajstić information content (AvgIpc) is 2.76. The fourth-order valence-electron chi connectivity index (χ4n) is 1.56. The van der Waals surface area contributed by atoms with Gasteiger partial charge in [-0.05, 0) is 11.4 Å². The summed E-state index contributed by atoms with van der Waals surface area (Å²) >= 11 is 4.15. The van der Waals surface area contributed by atoms with Gasteiger partial charge in [0.15, 0.2) is 5.78 Å². The first-order chi connectivity index (χ1) is 7.82. The lowest BCUT2D eigenvalue weighted by molar-refractivity contribution is -0.174. The van der Waals surface area contributed by atoms with Gasteiger partial charge in [-0.15, -0.1) is 11.3 Å². The minimum atomic E-state index is -4.95. The van der Waals surface area contributed by atoms with Crippen molar-refractivity contribution in [1.82, 2.24) is 5.32 Å². The molecular weight excluding hydrogens is 323 g/mol. The van der Waals surface area contributed by atoms with Crippen molar-refractivity contribution in [3.63, 3.8) is 0 Å². The van der Waals surface area contributed by atoms with E-state index in [0.29, 0.717) is 10.4 Å².